The van der Waals surface area contributed by atoms with E-state index in [4.69, 9.17) is 59.4 Å². The number of amides is 3. The van der Waals surface area contributed by atoms with Gasteiger partial charge in [-0.3, -0.25) is 24.9 Å². The average molecular weight is 962 g/mol. The summed E-state index contributed by atoms with van der Waals surface area (Å²) in [6.45, 7) is 4.18. The largest absolute Gasteiger partial charge is 0.488 e. The number of fused-ring (bicyclic) bond motifs is 2. The number of likely N-dealkylation sites (tertiary alicyclic amines) is 1. The number of aryl methyl sites for hydroxylation is 1. The molecule has 4 unspecified atom stereocenters. The highest BCUT2D eigenvalue weighted by molar-refractivity contribution is 6.68. The SMILES string of the molecule is CC1(C(=O)N(Cc2ccccc2F)C2CC2)C(c2ccc(CCCOc3c(F)ccc(F)c3F)cc2)CC2CN(C(=O)OCCCCON(O)O)CC1N2C(=O)OC(C)(C)C(Cl)(Cl)Cl. The van der Waals surface area contributed by atoms with Gasteiger partial charge in [-0.25, -0.2) is 22.8 Å². The molecule has 3 aliphatic rings. The molecule has 0 spiro atoms. The van der Waals surface area contributed by atoms with E-state index >= 15 is 9.18 Å². The zero-order valence-electron chi connectivity index (χ0n) is 35.5. The molecule has 3 aromatic carbocycles. The Balaban J connectivity index is 1.32. The summed E-state index contributed by atoms with van der Waals surface area (Å²) < 4.78 is 71.9. The first-order valence-electron chi connectivity index (χ1n) is 20.9. The second-order valence-corrected chi connectivity index (χ2v) is 19.2. The predicted octanol–water partition coefficient (Wildman–Crippen LogP) is 9.51. The third-order valence-electron chi connectivity index (χ3n) is 12.2. The fourth-order valence-corrected chi connectivity index (χ4v) is 8.51. The number of carbonyl (C=O) groups is 3. The van der Waals surface area contributed by atoms with E-state index in [1.165, 1.54) is 29.7 Å². The smallest absolute Gasteiger partial charge is 0.411 e. The van der Waals surface area contributed by atoms with Crippen molar-refractivity contribution < 1.29 is 61.4 Å². The normalized spacial score (nSPS) is 21.2. The molecule has 2 bridgehead atoms. The zero-order valence-corrected chi connectivity index (χ0v) is 37.7. The van der Waals surface area contributed by atoms with Crippen LogP contribution in [-0.2, 0) is 32.1 Å². The lowest BCUT2D eigenvalue weighted by molar-refractivity contribution is -0.492. The van der Waals surface area contributed by atoms with Crippen LogP contribution in [0.4, 0.5) is 27.2 Å². The lowest BCUT2D eigenvalue weighted by Crippen LogP contribution is -2.73. The van der Waals surface area contributed by atoms with Crippen LogP contribution in [0.5, 0.6) is 5.75 Å². The maximum absolute atomic E-state index is 15.6. The minimum atomic E-state index is -2.05. The third kappa shape index (κ3) is 11.3. The lowest BCUT2D eigenvalue weighted by Gasteiger charge is -2.59. The molecule has 64 heavy (non-hydrogen) atoms. The quantitative estimate of drug-likeness (QED) is 0.0442. The van der Waals surface area contributed by atoms with E-state index in [1.807, 2.05) is 24.3 Å². The Morgan fingerprint density at radius 2 is 1.52 bits per heavy atom. The van der Waals surface area contributed by atoms with E-state index in [0.717, 1.165) is 17.2 Å². The number of nitrogens with zero attached hydrogens (tertiary/aromatic N) is 4. The van der Waals surface area contributed by atoms with Crippen LogP contribution in [0.15, 0.2) is 60.7 Å². The molecular weight excluding hydrogens is 911 g/mol. The first kappa shape index (κ1) is 49.3. The van der Waals surface area contributed by atoms with E-state index in [2.05, 4.69) is 4.84 Å². The topological polar surface area (TPSA) is 142 Å². The fraction of sp³-hybridized carbons (Fsp3) is 0.523. The lowest BCUT2D eigenvalue weighted by atomic mass is 9.60. The van der Waals surface area contributed by atoms with Gasteiger partial charge in [0.05, 0.1) is 42.7 Å². The van der Waals surface area contributed by atoms with Crippen LogP contribution in [0.2, 0.25) is 0 Å². The van der Waals surface area contributed by atoms with Crippen LogP contribution in [0.1, 0.15) is 81.9 Å². The van der Waals surface area contributed by atoms with Crippen LogP contribution in [0.3, 0.4) is 0 Å². The highest BCUT2D eigenvalue weighted by atomic mass is 35.6. The minimum Gasteiger partial charge on any atom is -0.488 e. The van der Waals surface area contributed by atoms with Crippen molar-refractivity contribution in [2.75, 3.05) is 32.9 Å². The molecule has 13 nitrogen and oxygen atoms in total. The molecule has 20 heteroatoms. The summed E-state index contributed by atoms with van der Waals surface area (Å²) in [7, 11) is 0. The molecule has 0 radical (unpaired) electrons. The van der Waals surface area contributed by atoms with Gasteiger partial charge in [-0.05, 0) is 95.0 Å². The van der Waals surface area contributed by atoms with Gasteiger partial charge in [-0.1, -0.05) is 77.3 Å². The highest BCUT2D eigenvalue weighted by Gasteiger charge is 2.62. The Morgan fingerprint density at radius 1 is 0.844 bits per heavy atom. The summed E-state index contributed by atoms with van der Waals surface area (Å²) in [5.74, 6) is -5.88. The van der Waals surface area contributed by atoms with Gasteiger partial charge in [0.15, 0.2) is 23.0 Å². The van der Waals surface area contributed by atoms with Gasteiger partial charge in [0.1, 0.15) is 5.82 Å². The molecule has 4 atom stereocenters. The molecule has 1 aliphatic carbocycles. The molecule has 3 amide bonds. The molecule has 1 saturated carbocycles. The number of ether oxygens (including phenoxy) is 3. The summed E-state index contributed by atoms with van der Waals surface area (Å²) in [5, 5.41) is 17.2. The predicted molar refractivity (Wildman–Crippen MR) is 226 cm³/mol. The summed E-state index contributed by atoms with van der Waals surface area (Å²) in [6, 6.07) is 13.1. The number of benzene rings is 3. The van der Waals surface area contributed by atoms with Gasteiger partial charge in [0, 0.05) is 37.2 Å². The van der Waals surface area contributed by atoms with Gasteiger partial charge in [0.25, 0.3) is 0 Å². The molecule has 3 aromatic rings. The third-order valence-corrected chi connectivity index (χ3v) is 13.6. The Kier molecular flexibility index (Phi) is 15.9. The fourth-order valence-electron chi connectivity index (χ4n) is 8.39. The van der Waals surface area contributed by atoms with E-state index in [-0.39, 0.29) is 57.8 Å². The second kappa shape index (κ2) is 20.6. The number of hydrogen-bond donors (Lipinski definition) is 2. The van der Waals surface area contributed by atoms with Crippen molar-refractivity contribution in [2.24, 2.45) is 5.41 Å². The number of alkyl halides is 3. The standard InChI is InChI=1S/C44H51Cl3F4N4O9/c1-42(2,44(45,46)47)64-41(58)54-31-23-32(28-14-12-27(13-15-28)9-8-21-61-38-35(50)19-18-34(49)37(38)51)43(3,39(56)53(30-16-17-30)24-29-10-4-5-11-33(29)48)36(54)26-52(25-31)40(57)62-20-6-7-22-63-55(59)60/h4-5,10-15,18-19,30-32,36,59-60H,6-9,16-17,20-26H2,1-3H3. The van der Waals surface area contributed by atoms with E-state index < -0.39 is 79.4 Å². The minimum absolute atomic E-state index is 0.0152. The number of carbonyl (C=O) groups excluding carboxylic acids is 3. The van der Waals surface area contributed by atoms with Gasteiger partial charge in [-0.2, -0.15) is 4.39 Å². The molecular formula is C44H51Cl3F4N4O9. The Hall–Kier alpha value is -4.10. The summed E-state index contributed by atoms with van der Waals surface area (Å²) >= 11 is 18.8. The highest BCUT2D eigenvalue weighted by Crippen LogP contribution is 2.54. The van der Waals surface area contributed by atoms with E-state index in [9.17, 15) is 22.8 Å². The van der Waals surface area contributed by atoms with Gasteiger partial charge >= 0.3 is 12.2 Å². The number of unbranched alkanes of at least 4 members (excludes halogenated alkanes) is 1. The Bertz CT molecular complexity index is 2130. The Morgan fingerprint density at radius 3 is 2.17 bits per heavy atom. The molecule has 6 rings (SSSR count). The van der Waals surface area contributed by atoms with E-state index in [1.54, 1.807) is 30.0 Å². The van der Waals surface area contributed by atoms with Crippen molar-refractivity contribution in [2.45, 2.75) is 106 Å². The van der Waals surface area contributed by atoms with E-state index in [0.29, 0.717) is 50.2 Å². The Labute approximate surface area is 383 Å². The molecule has 2 aliphatic heterocycles. The average Bonchev–Trinajstić information content (AvgIpc) is 4.09. The van der Waals surface area contributed by atoms with Crippen molar-refractivity contribution >= 4 is 52.9 Å². The van der Waals surface area contributed by atoms with Crippen LogP contribution in [0, 0.1) is 28.7 Å². The number of piperazine rings is 1. The van der Waals surface area contributed by atoms with Crippen LogP contribution >= 0.6 is 34.8 Å². The van der Waals surface area contributed by atoms with Crippen LogP contribution in [-0.4, -0.2) is 109 Å². The molecule has 0 aromatic heterocycles. The van der Waals surface area contributed by atoms with Crippen molar-refractivity contribution in [3.05, 3.63) is 101 Å². The van der Waals surface area contributed by atoms with Crippen molar-refractivity contribution in [3.8, 4) is 5.75 Å². The number of halogens is 7. The number of rotatable bonds is 17. The molecule has 350 valence electrons. The van der Waals surface area contributed by atoms with Crippen LogP contribution in [0.25, 0.3) is 0 Å². The van der Waals surface area contributed by atoms with Gasteiger partial charge < -0.3 is 24.0 Å². The second-order valence-electron chi connectivity index (χ2n) is 17.0. The maximum atomic E-state index is 15.6. The number of hydrogen-bond acceptors (Lipinski definition) is 10. The van der Waals surface area contributed by atoms with Gasteiger partial charge in [-0.15, -0.1) is 0 Å². The monoisotopic (exact) mass is 960 g/mol. The molecule has 2 saturated heterocycles. The summed E-state index contributed by atoms with van der Waals surface area (Å²) in [4.78, 5) is 53.0. The first-order chi connectivity index (χ1) is 30.2. The summed E-state index contributed by atoms with van der Waals surface area (Å²) in [5.41, 5.74) is -1.26. The molecule has 2 heterocycles. The molecule has 2 N–H and O–H groups in total. The first-order valence-corrected chi connectivity index (χ1v) is 22.1. The maximum Gasteiger partial charge on any atom is 0.411 e. The molecule has 3 fully saturated rings. The van der Waals surface area contributed by atoms with Crippen molar-refractivity contribution in [3.63, 3.8) is 0 Å². The number of piperidine rings is 1. The zero-order chi connectivity index (χ0) is 46.6. The summed E-state index contributed by atoms with van der Waals surface area (Å²) in [6.07, 6.45) is 1.32. The van der Waals surface area contributed by atoms with Crippen LogP contribution < -0.4 is 4.74 Å². The van der Waals surface area contributed by atoms with Crippen molar-refractivity contribution in [1.82, 2.24) is 20.1 Å². The van der Waals surface area contributed by atoms with Gasteiger partial charge in [0.2, 0.25) is 15.5 Å². The van der Waals surface area contributed by atoms with Crippen molar-refractivity contribution in [1.29, 1.82) is 0 Å².